The van der Waals surface area contributed by atoms with E-state index < -0.39 is 17.8 Å². The highest BCUT2D eigenvalue weighted by atomic mass is 35.5. The summed E-state index contributed by atoms with van der Waals surface area (Å²) in [5, 5.41) is 3.54. The number of rotatable bonds is 5. The highest BCUT2D eigenvalue weighted by Gasteiger charge is 2.37. The first-order valence-corrected chi connectivity index (χ1v) is 11.6. The molecule has 1 aliphatic heterocycles. The number of hydrogen-bond donors (Lipinski definition) is 1. The molecule has 1 fully saturated rings. The molecular formula is C26H19Cl3N2O4. The van der Waals surface area contributed by atoms with Crippen LogP contribution in [0, 0.1) is 13.8 Å². The first-order valence-electron chi connectivity index (χ1n) is 10.5. The number of carbonyl (C=O) groups is 3. The van der Waals surface area contributed by atoms with Gasteiger partial charge in [-0.1, -0.05) is 46.9 Å². The summed E-state index contributed by atoms with van der Waals surface area (Å²) in [6.45, 7) is 3.90. The van der Waals surface area contributed by atoms with Gasteiger partial charge in [-0.15, -0.1) is 0 Å². The number of carbonyl (C=O) groups excluding carboxylic acids is 3. The Balaban J connectivity index is 1.68. The van der Waals surface area contributed by atoms with Gasteiger partial charge < -0.3 is 4.74 Å². The molecule has 4 amide bonds. The van der Waals surface area contributed by atoms with Crippen LogP contribution in [0.25, 0.3) is 6.08 Å². The quantitative estimate of drug-likeness (QED) is 0.302. The fraction of sp³-hybridized carbons (Fsp3) is 0.115. The van der Waals surface area contributed by atoms with Crippen LogP contribution in [0.1, 0.15) is 22.3 Å². The molecule has 0 unspecified atom stereocenters. The monoisotopic (exact) mass is 528 g/mol. The van der Waals surface area contributed by atoms with Crippen LogP contribution in [0.5, 0.6) is 5.75 Å². The Morgan fingerprint density at radius 3 is 2.31 bits per heavy atom. The van der Waals surface area contributed by atoms with Crippen LogP contribution in [0.15, 0.2) is 60.2 Å². The molecule has 6 nitrogen and oxygen atoms in total. The molecule has 0 atom stereocenters. The molecule has 1 heterocycles. The van der Waals surface area contributed by atoms with Crippen molar-refractivity contribution in [1.82, 2.24) is 5.32 Å². The molecule has 35 heavy (non-hydrogen) atoms. The Labute approximate surface area is 217 Å². The van der Waals surface area contributed by atoms with Gasteiger partial charge in [-0.2, -0.15) is 0 Å². The van der Waals surface area contributed by atoms with Crippen molar-refractivity contribution in [3.8, 4) is 5.75 Å². The third-order valence-corrected chi connectivity index (χ3v) is 6.34. The van der Waals surface area contributed by atoms with Crippen molar-refractivity contribution >= 4 is 64.4 Å². The van der Waals surface area contributed by atoms with Crippen molar-refractivity contribution in [1.29, 1.82) is 0 Å². The third-order valence-electron chi connectivity index (χ3n) is 5.52. The zero-order valence-electron chi connectivity index (χ0n) is 18.7. The average molecular weight is 530 g/mol. The molecule has 0 bridgehead atoms. The third kappa shape index (κ3) is 5.35. The van der Waals surface area contributed by atoms with Crippen molar-refractivity contribution in [2.24, 2.45) is 0 Å². The lowest BCUT2D eigenvalue weighted by Gasteiger charge is -2.27. The average Bonchev–Trinajstić information content (AvgIpc) is 2.79. The molecule has 0 saturated carbocycles. The number of aryl methyl sites for hydroxylation is 2. The van der Waals surface area contributed by atoms with Crippen LogP contribution in [0.4, 0.5) is 10.5 Å². The summed E-state index contributed by atoms with van der Waals surface area (Å²) in [5.41, 5.74) is 3.11. The lowest BCUT2D eigenvalue weighted by atomic mass is 10.0. The van der Waals surface area contributed by atoms with E-state index in [0.717, 1.165) is 16.0 Å². The predicted molar refractivity (Wildman–Crippen MR) is 137 cm³/mol. The largest absolute Gasteiger partial charge is 0.488 e. The van der Waals surface area contributed by atoms with Crippen molar-refractivity contribution in [2.75, 3.05) is 4.90 Å². The topological polar surface area (TPSA) is 75.7 Å². The van der Waals surface area contributed by atoms with E-state index in [1.165, 1.54) is 6.08 Å². The molecule has 1 N–H and O–H groups in total. The number of nitrogens with one attached hydrogen (secondary N) is 1. The standard InChI is InChI=1S/C26H19Cl3N2O4/c1-14-3-7-20(9-15(14)2)31-25(33)21(24(32)30-26(31)34)11-17-10-18(27)6-8-23(17)35-13-16-4-5-19(28)12-22(16)29/h3-12H,13H2,1-2H3,(H,30,32,34)/b21-11+. The molecule has 178 valence electrons. The van der Waals surface area contributed by atoms with Gasteiger partial charge in [0, 0.05) is 26.2 Å². The lowest BCUT2D eigenvalue weighted by molar-refractivity contribution is -0.122. The summed E-state index contributed by atoms with van der Waals surface area (Å²) >= 11 is 18.4. The van der Waals surface area contributed by atoms with Crippen LogP contribution in [-0.2, 0) is 16.2 Å². The summed E-state index contributed by atoms with van der Waals surface area (Å²) in [4.78, 5) is 39.3. The van der Waals surface area contributed by atoms with Gasteiger partial charge in [0.25, 0.3) is 11.8 Å². The van der Waals surface area contributed by atoms with Crippen LogP contribution < -0.4 is 15.0 Å². The van der Waals surface area contributed by atoms with E-state index in [2.05, 4.69) is 5.32 Å². The van der Waals surface area contributed by atoms with E-state index in [0.29, 0.717) is 37.6 Å². The minimum atomic E-state index is -0.819. The number of hydrogen-bond acceptors (Lipinski definition) is 4. The Morgan fingerprint density at radius 1 is 0.886 bits per heavy atom. The molecular weight excluding hydrogens is 511 g/mol. The van der Waals surface area contributed by atoms with E-state index >= 15 is 0 Å². The fourth-order valence-corrected chi connectivity index (χ4v) is 4.11. The van der Waals surface area contributed by atoms with Crippen molar-refractivity contribution in [3.05, 3.63) is 97.5 Å². The molecule has 1 aliphatic rings. The Kier molecular flexibility index (Phi) is 7.17. The van der Waals surface area contributed by atoms with E-state index in [9.17, 15) is 14.4 Å². The number of nitrogens with zero attached hydrogens (tertiary/aromatic N) is 1. The number of barbiturate groups is 1. The predicted octanol–water partition coefficient (Wildman–Crippen LogP) is 6.51. The van der Waals surface area contributed by atoms with Gasteiger partial charge in [0.15, 0.2) is 0 Å². The second kappa shape index (κ2) is 10.1. The first kappa shape index (κ1) is 24.8. The number of halogens is 3. The zero-order chi connectivity index (χ0) is 25.3. The summed E-state index contributed by atoms with van der Waals surface area (Å²) < 4.78 is 5.92. The van der Waals surface area contributed by atoms with Gasteiger partial charge >= 0.3 is 6.03 Å². The summed E-state index contributed by atoms with van der Waals surface area (Å²) in [6, 6.07) is 14.2. The normalized spacial score (nSPS) is 14.9. The molecule has 0 radical (unpaired) electrons. The number of amides is 4. The summed E-state index contributed by atoms with van der Waals surface area (Å²) in [5.74, 6) is -1.21. The minimum Gasteiger partial charge on any atom is -0.488 e. The van der Waals surface area contributed by atoms with Crippen molar-refractivity contribution < 1.29 is 19.1 Å². The zero-order valence-corrected chi connectivity index (χ0v) is 21.0. The van der Waals surface area contributed by atoms with E-state index in [1.54, 1.807) is 54.6 Å². The van der Waals surface area contributed by atoms with E-state index in [-0.39, 0.29) is 12.2 Å². The van der Waals surface area contributed by atoms with Crippen LogP contribution in [0.2, 0.25) is 15.1 Å². The molecule has 4 rings (SSSR count). The Bertz CT molecular complexity index is 1400. The Hall–Kier alpha value is -3.32. The van der Waals surface area contributed by atoms with Gasteiger partial charge in [-0.05, 0) is 73.5 Å². The van der Waals surface area contributed by atoms with E-state index in [1.807, 2.05) is 13.8 Å². The number of urea groups is 1. The van der Waals surface area contributed by atoms with Crippen LogP contribution in [-0.4, -0.2) is 17.8 Å². The number of anilines is 1. The molecule has 0 aliphatic carbocycles. The molecule has 9 heteroatoms. The number of imide groups is 2. The van der Waals surface area contributed by atoms with Gasteiger partial charge in [-0.25, -0.2) is 9.69 Å². The maximum absolute atomic E-state index is 13.3. The number of ether oxygens (including phenoxy) is 1. The highest BCUT2D eigenvalue weighted by Crippen LogP contribution is 2.30. The van der Waals surface area contributed by atoms with Gasteiger partial charge in [0.1, 0.15) is 17.9 Å². The summed E-state index contributed by atoms with van der Waals surface area (Å²) in [7, 11) is 0. The second-order valence-corrected chi connectivity index (χ2v) is 9.21. The van der Waals surface area contributed by atoms with Crippen molar-refractivity contribution in [2.45, 2.75) is 20.5 Å². The molecule has 3 aromatic carbocycles. The first-order chi connectivity index (χ1) is 16.6. The van der Waals surface area contributed by atoms with Gasteiger partial charge in [0.2, 0.25) is 0 Å². The Morgan fingerprint density at radius 2 is 1.60 bits per heavy atom. The maximum Gasteiger partial charge on any atom is 0.335 e. The molecule has 3 aromatic rings. The second-order valence-electron chi connectivity index (χ2n) is 7.93. The SMILES string of the molecule is Cc1ccc(N2C(=O)NC(=O)/C(=C\c3cc(Cl)ccc3OCc3ccc(Cl)cc3Cl)C2=O)cc1C. The fourth-order valence-electron chi connectivity index (χ4n) is 3.47. The summed E-state index contributed by atoms with van der Waals surface area (Å²) in [6.07, 6.45) is 1.35. The molecule has 0 spiro atoms. The molecule has 0 aromatic heterocycles. The maximum atomic E-state index is 13.3. The van der Waals surface area contributed by atoms with Gasteiger partial charge in [0.05, 0.1) is 5.69 Å². The van der Waals surface area contributed by atoms with Crippen molar-refractivity contribution in [3.63, 3.8) is 0 Å². The van der Waals surface area contributed by atoms with Gasteiger partial charge in [-0.3, -0.25) is 14.9 Å². The number of benzene rings is 3. The highest BCUT2D eigenvalue weighted by molar-refractivity contribution is 6.39. The van der Waals surface area contributed by atoms with Crippen LogP contribution in [0.3, 0.4) is 0 Å². The molecule has 1 saturated heterocycles. The lowest BCUT2D eigenvalue weighted by Crippen LogP contribution is -2.54. The van der Waals surface area contributed by atoms with E-state index in [4.69, 9.17) is 39.5 Å². The minimum absolute atomic E-state index is 0.112. The smallest absolute Gasteiger partial charge is 0.335 e. The van der Waals surface area contributed by atoms with Crippen LogP contribution >= 0.6 is 34.8 Å².